The van der Waals surface area contributed by atoms with Crippen LogP contribution in [-0.4, -0.2) is 6.29 Å². The van der Waals surface area contributed by atoms with E-state index in [0.29, 0.717) is 5.57 Å². The van der Waals surface area contributed by atoms with Crippen LogP contribution in [0.2, 0.25) is 0 Å². The van der Waals surface area contributed by atoms with Gasteiger partial charge in [-0.2, -0.15) is 0 Å². The van der Waals surface area contributed by atoms with Gasteiger partial charge in [0.2, 0.25) is 0 Å². The minimum absolute atomic E-state index is 0.0592. The minimum atomic E-state index is -0.0592. The Hall–Kier alpha value is -1.29. The second-order valence-corrected chi connectivity index (χ2v) is 6.87. The van der Waals surface area contributed by atoms with E-state index in [1.54, 1.807) is 0 Å². The summed E-state index contributed by atoms with van der Waals surface area (Å²) in [5, 5.41) is 0. The van der Waals surface area contributed by atoms with E-state index < -0.39 is 0 Å². The highest BCUT2D eigenvalue weighted by atomic mass is 16.1. The van der Waals surface area contributed by atoms with Crippen LogP contribution in [-0.2, 0) is 4.79 Å². The summed E-state index contributed by atoms with van der Waals surface area (Å²) in [7, 11) is 0. The zero-order valence-electron chi connectivity index (χ0n) is 13.6. The van der Waals surface area contributed by atoms with Crippen molar-refractivity contribution >= 4 is 6.29 Å². The molecule has 0 aromatic heterocycles. The molecule has 0 aliphatic rings. The molecule has 0 aromatic rings. The predicted octanol–water partition coefficient (Wildman–Crippen LogP) is 4.93. The summed E-state index contributed by atoms with van der Waals surface area (Å²) in [5.41, 5.74) is 1.62. The third kappa shape index (κ3) is 6.43. The normalized spacial score (nSPS) is 11.9. The smallest absolute Gasteiger partial charge is 0.158 e. The first-order chi connectivity index (χ1) is 8.64. The summed E-state index contributed by atoms with van der Waals surface area (Å²) in [6, 6.07) is 0. The van der Waals surface area contributed by atoms with E-state index >= 15 is 0 Å². The third-order valence-corrected chi connectivity index (χ3v) is 2.75. The van der Waals surface area contributed by atoms with Gasteiger partial charge in [-0.25, -0.2) is 0 Å². The van der Waals surface area contributed by atoms with E-state index in [0.717, 1.165) is 24.7 Å². The number of hydrogen-bond donors (Lipinski definition) is 0. The maximum Gasteiger partial charge on any atom is 0.158 e. The van der Waals surface area contributed by atoms with Crippen molar-refractivity contribution in [1.82, 2.24) is 0 Å². The Labute approximate surface area is 119 Å². The molecule has 19 heavy (non-hydrogen) atoms. The fourth-order valence-corrected chi connectivity index (χ4v) is 2.51. The lowest BCUT2D eigenvalue weighted by molar-refractivity contribution is -0.104. The van der Waals surface area contributed by atoms with Crippen molar-refractivity contribution in [3.05, 3.63) is 23.3 Å². The van der Waals surface area contributed by atoms with Gasteiger partial charge in [0.15, 0.2) is 6.29 Å². The lowest BCUT2D eigenvalue weighted by Crippen LogP contribution is -2.24. The summed E-state index contributed by atoms with van der Waals surface area (Å²) in [6.07, 6.45) is 6.93. The molecule has 0 unspecified atom stereocenters. The van der Waals surface area contributed by atoms with Crippen LogP contribution in [0.4, 0.5) is 0 Å². The molecule has 0 N–H and O–H groups in total. The number of allylic oxidation sites excluding steroid dienone is 4. The summed E-state index contributed by atoms with van der Waals surface area (Å²) in [4.78, 5) is 11.4. The van der Waals surface area contributed by atoms with Gasteiger partial charge in [-0.15, -0.1) is 0 Å². The summed E-state index contributed by atoms with van der Waals surface area (Å²) >= 11 is 0. The first-order valence-electron chi connectivity index (χ1n) is 7.01. The van der Waals surface area contributed by atoms with Crippen molar-refractivity contribution in [2.24, 2.45) is 10.8 Å². The Morgan fingerprint density at radius 1 is 1.05 bits per heavy atom. The monoisotopic (exact) mass is 260 g/mol. The van der Waals surface area contributed by atoms with Crippen molar-refractivity contribution in [1.29, 1.82) is 0 Å². The Bertz CT molecular complexity index is 395. The molecular formula is C18H28O. The van der Waals surface area contributed by atoms with Crippen LogP contribution >= 0.6 is 0 Å². The molecule has 0 rings (SSSR count). The van der Waals surface area contributed by atoms with Crippen LogP contribution in [0.1, 0.15) is 61.3 Å². The number of hydrogen-bond acceptors (Lipinski definition) is 1. The highest BCUT2D eigenvalue weighted by Crippen LogP contribution is 2.40. The predicted molar refractivity (Wildman–Crippen MR) is 83.8 cm³/mol. The number of unbranched alkanes of at least 4 members (excludes halogenated alkanes) is 1. The molecule has 0 spiro atoms. The third-order valence-electron chi connectivity index (χ3n) is 2.75. The fourth-order valence-electron chi connectivity index (χ4n) is 2.51. The van der Waals surface area contributed by atoms with Gasteiger partial charge in [0.25, 0.3) is 0 Å². The minimum Gasteiger partial charge on any atom is -0.297 e. The second-order valence-electron chi connectivity index (χ2n) is 6.87. The van der Waals surface area contributed by atoms with Crippen molar-refractivity contribution in [2.45, 2.75) is 61.3 Å². The molecule has 0 fully saturated rings. The van der Waals surface area contributed by atoms with Crippen LogP contribution in [0.3, 0.4) is 0 Å². The highest BCUT2D eigenvalue weighted by Gasteiger charge is 2.30. The SMILES string of the molecule is CCC/C=C\C#CC(C=O)=C(C(C)(C)C)C(C)(C)C. The zero-order chi connectivity index (χ0) is 15.1. The quantitative estimate of drug-likeness (QED) is 0.399. The Balaban J connectivity index is 5.56. The zero-order valence-corrected chi connectivity index (χ0v) is 13.6. The standard InChI is InChI=1S/C18H28O/c1-8-9-10-11-12-13-15(14-19)16(17(2,3)4)18(5,6)7/h10-11,14H,8-9H2,1-7H3/b11-10-. The van der Waals surface area contributed by atoms with Crippen LogP contribution in [0.25, 0.3) is 0 Å². The summed E-state index contributed by atoms with van der Waals surface area (Å²) < 4.78 is 0. The molecule has 0 heterocycles. The van der Waals surface area contributed by atoms with E-state index in [9.17, 15) is 4.79 Å². The topological polar surface area (TPSA) is 17.1 Å². The maximum absolute atomic E-state index is 11.4. The molecule has 0 radical (unpaired) electrons. The molecule has 0 saturated carbocycles. The molecular weight excluding hydrogens is 232 g/mol. The Morgan fingerprint density at radius 3 is 1.95 bits per heavy atom. The van der Waals surface area contributed by atoms with Gasteiger partial charge in [-0.3, -0.25) is 4.79 Å². The van der Waals surface area contributed by atoms with E-state index in [4.69, 9.17) is 0 Å². The number of carbonyl (C=O) groups excluding carboxylic acids is 1. The van der Waals surface area contributed by atoms with E-state index in [1.165, 1.54) is 0 Å². The molecule has 0 bridgehead atoms. The van der Waals surface area contributed by atoms with E-state index in [2.05, 4.69) is 60.3 Å². The Morgan fingerprint density at radius 2 is 1.58 bits per heavy atom. The molecule has 0 saturated heterocycles. The maximum atomic E-state index is 11.4. The first-order valence-corrected chi connectivity index (χ1v) is 7.01. The lowest BCUT2D eigenvalue weighted by Gasteiger charge is -2.34. The number of carbonyl (C=O) groups is 1. The average molecular weight is 260 g/mol. The Kier molecular flexibility index (Phi) is 6.84. The number of aldehydes is 1. The van der Waals surface area contributed by atoms with Crippen molar-refractivity contribution in [2.75, 3.05) is 0 Å². The van der Waals surface area contributed by atoms with E-state index in [-0.39, 0.29) is 10.8 Å². The molecule has 1 heteroatoms. The van der Waals surface area contributed by atoms with Gasteiger partial charge in [-0.05, 0) is 28.9 Å². The van der Waals surface area contributed by atoms with Gasteiger partial charge in [0, 0.05) is 0 Å². The molecule has 0 aliphatic carbocycles. The van der Waals surface area contributed by atoms with Gasteiger partial charge in [0.05, 0.1) is 5.57 Å². The first kappa shape index (κ1) is 17.7. The van der Waals surface area contributed by atoms with Gasteiger partial charge >= 0.3 is 0 Å². The highest BCUT2D eigenvalue weighted by molar-refractivity contribution is 5.82. The van der Waals surface area contributed by atoms with Crippen LogP contribution in [0.15, 0.2) is 23.3 Å². The molecule has 1 nitrogen and oxygen atoms in total. The molecule has 0 aromatic carbocycles. The van der Waals surface area contributed by atoms with Crippen LogP contribution < -0.4 is 0 Å². The van der Waals surface area contributed by atoms with Crippen LogP contribution in [0, 0.1) is 22.7 Å². The number of rotatable bonds is 3. The molecule has 0 aliphatic heterocycles. The lowest BCUT2D eigenvalue weighted by atomic mass is 9.70. The van der Waals surface area contributed by atoms with Crippen molar-refractivity contribution in [3.63, 3.8) is 0 Å². The second kappa shape index (κ2) is 7.34. The summed E-state index contributed by atoms with van der Waals surface area (Å²) in [5.74, 6) is 5.99. The summed E-state index contributed by atoms with van der Waals surface area (Å²) in [6.45, 7) is 14.9. The molecule has 0 atom stereocenters. The van der Waals surface area contributed by atoms with Gasteiger partial charge in [-0.1, -0.05) is 72.8 Å². The van der Waals surface area contributed by atoms with Gasteiger partial charge in [0.1, 0.15) is 0 Å². The van der Waals surface area contributed by atoms with Crippen molar-refractivity contribution in [3.8, 4) is 11.8 Å². The van der Waals surface area contributed by atoms with Gasteiger partial charge < -0.3 is 0 Å². The largest absolute Gasteiger partial charge is 0.297 e. The average Bonchev–Trinajstić information content (AvgIpc) is 2.23. The fraction of sp³-hybridized carbons (Fsp3) is 0.611. The van der Waals surface area contributed by atoms with Crippen molar-refractivity contribution < 1.29 is 4.79 Å². The van der Waals surface area contributed by atoms with Crippen LogP contribution in [0.5, 0.6) is 0 Å². The van der Waals surface area contributed by atoms with E-state index in [1.807, 2.05) is 12.2 Å². The molecule has 106 valence electrons. The molecule has 0 amide bonds.